The molecule has 0 radical (unpaired) electrons. The van der Waals surface area contributed by atoms with E-state index in [9.17, 15) is 18.8 Å². The van der Waals surface area contributed by atoms with Crippen LogP contribution in [-0.2, 0) is 19.1 Å². The fourth-order valence-electron chi connectivity index (χ4n) is 2.20. The zero-order valence-corrected chi connectivity index (χ0v) is 16.4. The minimum atomic E-state index is -0.612. The largest absolute Gasteiger partial charge is 0.455 e. The van der Waals surface area contributed by atoms with Crippen LogP contribution >= 0.6 is 11.8 Å². The van der Waals surface area contributed by atoms with Gasteiger partial charge in [0, 0.05) is 11.4 Å². The number of aryl methyl sites for hydroxylation is 2. The maximum atomic E-state index is 13.4. The number of carbonyl (C=O) groups is 3. The average molecular weight is 404 g/mol. The van der Waals surface area contributed by atoms with Gasteiger partial charge in [-0.2, -0.15) is 0 Å². The van der Waals surface area contributed by atoms with Crippen molar-refractivity contribution in [2.45, 2.75) is 13.8 Å². The summed E-state index contributed by atoms with van der Waals surface area (Å²) in [5.74, 6) is -1.83. The van der Waals surface area contributed by atoms with Crippen molar-refractivity contribution in [3.63, 3.8) is 0 Å². The van der Waals surface area contributed by atoms with Crippen molar-refractivity contribution in [1.29, 1.82) is 0 Å². The van der Waals surface area contributed by atoms with Gasteiger partial charge in [0.25, 0.3) is 5.91 Å². The van der Waals surface area contributed by atoms with E-state index in [2.05, 4.69) is 10.6 Å². The van der Waals surface area contributed by atoms with Gasteiger partial charge < -0.3 is 15.4 Å². The summed E-state index contributed by atoms with van der Waals surface area (Å²) in [6.45, 7) is 3.05. The minimum absolute atomic E-state index is 0.0618. The Hall–Kier alpha value is -2.87. The van der Waals surface area contributed by atoms with Crippen LogP contribution in [0.25, 0.3) is 0 Å². The van der Waals surface area contributed by atoms with Crippen LogP contribution in [0.4, 0.5) is 15.8 Å². The number of hydrogen-bond donors (Lipinski definition) is 2. The van der Waals surface area contributed by atoms with E-state index in [1.807, 2.05) is 25.1 Å². The topological polar surface area (TPSA) is 84.5 Å². The lowest BCUT2D eigenvalue weighted by Gasteiger charge is -2.08. The molecule has 0 bridgehead atoms. The maximum absolute atomic E-state index is 13.4. The SMILES string of the molecule is Cc1cccc(NC(=O)CSCC(=O)OCC(=O)Nc2ccc(C)c(F)c2)c1. The van der Waals surface area contributed by atoms with E-state index in [1.54, 1.807) is 19.1 Å². The molecule has 0 aliphatic carbocycles. The van der Waals surface area contributed by atoms with Gasteiger partial charge in [0.2, 0.25) is 5.91 Å². The zero-order valence-electron chi connectivity index (χ0n) is 15.6. The Kier molecular flexibility index (Phi) is 8.01. The summed E-state index contributed by atoms with van der Waals surface area (Å²) in [5.41, 5.74) is 2.47. The normalized spacial score (nSPS) is 10.2. The first-order valence-corrected chi connectivity index (χ1v) is 9.65. The third kappa shape index (κ3) is 7.40. The van der Waals surface area contributed by atoms with Crippen molar-refractivity contribution in [1.82, 2.24) is 0 Å². The van der Waals surface area contributed by atoms with Gasteiger partial charge in [-0.25, -0.2) is 4.39 Å². The Morgan fingerprint density at radius 1 is 0.964 bits per heavy atom. The highest BCUT2D eigenvalue weighted by atomic mass is 32.2. The van der Waals surface area contributed by atoms with Gasteiger partial charge in [0.1, 0.15) is 5.82 Å². The van der Waals surface area contributed by atoms with Crippen LogP contribution in [0, 0.1) is 19.7 Å². The van der Waals surface area contributed by atoms with Crippen molar-refractivity contribution < 1.29 is 23.5 Å². The fraction of sp³-hybridized carbons (Fsp3) is 0.250. The lowest BCUT2D eigenvalue weighted by Crippen LogP contribution is -2.22. The van der Waals surface area contributed by atoms with Crippen LogP contribution in [0.2, 0.25) is 0 Å². The number of ether oxygens (including phenoxy) is 1. The van der Waals surface area contributed by atoms with Gasteiger partial charge in [0.05, 0.1) is 11.5 Å². The Labute approximate surface area is 166 Å². The number of thioether (sulfide) groups is 1. The molecule has 0 saturated heterocycles. The van der Waals surface area contributed by atoms with E-state index < -0.39 is 24.3 Å². The summed E-state index contributed by atoms with van der Waals surface area (Å²) in [6.07, 6.45) is 0. The maximum Gasteiger partial charge on any atom is 0.316 e. The van der Waals surface area contributed by atoms with Gasteiger partial charge in [-0.15, -0.1) is 11.8 Å². The van der Waals surface area contributed by atoms with Crippen LogP contribution < -0.4 is 10.6 Å². The molecule has 2 rings (SSSR count). The number of carbonyl (C=O) groups excluding carboxylic acids is 3. The van der Waals surface area contributed by atoms with Crippen LogP contribution in [0.5, 0.6) is 0 Å². The number of esters is 1. The molecule has 6 nitrogen and oxygen atoms in total. The molecule has 0 heterocycles. The third-order valence-corrected chi connectivity index (χ3v) is 4.48. The van der Waals surface area contributed by atoms with Crippen LogP contribution in [0.1, 0.15) is 11.1 Å². The van der Waals surface area contributed by atoms with Gasteiger partial charge in [0.15, 0.2) is 6.61 Å². The predicted octanol–water partition coefficient (Wildman–Crippen LogP) is 3.30. The van der Waals surface area contributed by atoms with Gasteiger partial charge >= 0.3 is 5.97 Å². The summed E-state index contributed by atoms with van der Waals surface area (Å²) in [7, 11) is 0. The molecule has 2 N–H and O–H groups in total. The van der Waals surface area contributed by atoms with E-state index in [-0.39, 0.29) is 23.1 Å². The van der Waals surface area contributed by atoms with Gasteiger partial charge in [-0.05, 0) is 49.2 Å². The van der Waals surface area contributed by atoms with Crippen LogP contribution in [0.3, 0.4) is 0 Å². The summed E-state index contributed by atoms with van der Waals surface area (Å²) < 4.78 is 18.3. The van der Waals surface area contributed by atoms with Crippen molar-refractivity contribution in [3.8, 4) is 0 Å². The molecule has 0 aromatic heterocycles. The monoisotopic (exact) mass is 404 g/mol. The molecular weight excluding hydrogens is 383 g/mol. The predicted molar refractivity (Wildman–Crippen MR) is 108 cm³/mol. The first kappa shape index (κ1) is 21.4. The van der Waals surface area contributed by atoms with Crippen LogP contribution in [-0.4, -0.2) is 35.9 Å². The molecular formula is C20H21FN2O4S. The number of halogens is 1. The fourth-order valence-corrected chi connectivity index (χ4v) is 2.81. The number of anilines is 2. The summed E-state index contributed by atoms with van der Waals surface area (Å²) >= 11 is 1.08. The molecule has 0 spiro atoms. The van der Waals surface area contributed by atoms with Crippen molar-refractivity contribution in [2.24, 2.45) is 0 Å². The molecule has 2 amide bonds. The van der Waals surface area contributed by atoms with E-state index >= 15 is 0 Å². The van der Waals surface area contributed by atoms with Crippen molar-refractivity contribution in [2.75, 3.05) is 28.7 Å². The van der Waals surface area contributed by atoms with Crippen LogP contribution in [0.15, 0.2) is 42.5 Å². The molecule has 0 aliphatic rings. The molecule has 0 unspecified atom stereocenters. The molecule has 28 heavy (non-hydrogen) atoms. The number of nitrogens with one attached hydrogen (secondary N) is 2. The standard InChI is InChI=1S/C20H21FN2O4S/c1-13-4-3-5-15(8-13)23-19(25)11-28-12-20(26)27-10-18(24)22-16-7-6-14(2)17(21)9-16/h3-9H,10-12H2,1-2H3,(H,22,24)(H,23,25). The second kappa shape index (κ2) is 10.5. The highest BCUT2D eigenvalue weighted by molar-refractivity contribution is 8.00. The second-order valence-corrected chi connectivity index (χ2v) is 7.07. The van der Waals surface area contributed by atoms with Gasteiger partial charge in [-0.1, -0.05) is 18.2 Å². The smallest absolute Gasteiger partial charge is 0.316 e. The summed E-state index contributed by atoms with van der Waals surface area (Å²) in [5, 5.41) is 5.18. The van der Waals surface area contributed by atoms with E-state index in [1.165, 1.54) is 12.1 Å². The molecule has 2 aromatic rings. The Bertz CT molecular complexity index is 873. The highest BCUT2D eigenvalue weighted by Gasteiger charge is 2.10. The number of amides is 2. The van der Waals surface area contributed by atoms with Gasteiger partial charge in [-0.3, -0.25) is 14.4 Å². The van der Waals surface area contributed by atoms with E-state index in [0.29, 0.717) is 11.3 Å². The Balaban J connectivity index is 1.64. The van der Waals surface area contributed by atoms with E-state index in [0.717, 1.165) is 17.3 Å². The number of rotatable bonds is 8. The Morgan fingerprint density at radius 2 is 1.68 bits per heavy atom. The summed E-state index contributed by atoms with van der Waals surface area (Å²) in [4.78, 5) is 35.3. The molecule has 0 saturated carbocycles. The van der Waals surface area contributed by atoms with Crippen molar-refractivity contribution in [3.05, 3.63) is 59.4 Å². The highest BCUT2D eigenvalue weighted by Crippen LogP contribution is 2.13. The minimum Gasteiger partial charge on any atom is -0.455 e. The Morgan fingerprint density at radius 3 is 2.39 bits per heavy atom. The van der Waals surface area contributed by atoms with E-state index in [4.69, 9.17) is 4.74 Å². The molecule has 2 aromatic carbocycles. The molecule has 0 atom stereocenters. The molecule has 0 fully saturated rings. The summed E-state index contributed by atoms with van der Waals surface area (Å²) in [6, 6.07) is 11.7. The number of benzene rings is 2. The first-order valence-electron chi connectivity index (χ1n) is 8.49. The number of hydrogen-bond acceptors (Lipinski definition) is 5. The quantitative estimate of drug-likeness (QED) is 0.660. The molecule has 148 valence electrons. The average Bonchev–Trinajstić information content (AvgIpc) is 2.63. The second-order valence-electron chi connectivity index (χ2n) is 6.08. The van der Waals surface area contributed by atoms with Crippen molar-refractivity contribution >= 4 is 40.9 Å². The molecule has 0 aliphatic heterocycles. The lowest BCUT2D eigenvalue weighted by molar-refractivity contribution is -0.144. The first-order chi connectivity index (χ1) is 13.3. The molecule has 8 heteroatoms. The zero-order chi connectivity index (χ0) is 20.5. The third-order valence-electron chi connectivity index (χ3n) is 3.57. The lowest BCUT2D eigenvalue weighted by atomic mass is 10.2.